The summed E-state index contributed by atoms with van der Waals surface area (Å²) in [4.78, 5) is 0. The summed E-state index contributed by atoms with van der Waals surface area (Å²) in [6, 6.07) is 0.599. The predicted molar refractivity (Wildman–Crippen MR) is 66.6 cm³/mol. The fraction of sp³-hybridized carbons (Fsp3) is 0.917. The highest BCUT2D eigenvalue weighted by Crippen LogP contribution is 2.34. The van der Waals surface area contributed by atoms with Crippen molar-refractivity contribution in [2.45, 2.75) is 52.5 Å². The largest absolute Gasteiger partial charge is 0.409 e. The summed E-state index contributed by atoms with van der Waals surface area (Å²) < 4.78 is 0. The lowest BCUT2D eigenvalue weighted by Gasteiger charge is -2.35. The van der Waals surface area contributed by atoms with Crippen LogP contribution in [0.1, 0.15) is 46.5 Å². The van der Waals surface area contributed by atoms with Crippen molar-refractivity contribution in [1.82, 2.24) is 5.32 Å². The fourth-order valence-electron chi connectivity index (χ4n) is 2.15. The second-order valence-electron chi connectivity index (χ2n) is 5.77. The highest BCUT2D eigenvalue weighted by Gasteiger charge is 2.26. The van der Waals surface area contributed by atoms with E-state index in [0.29, 0.717) is 17.3 Å². The van der Waals surface area contributed by atoms with Gasteiger partial charge in [0.05, 0.1) is 0 Å². The van der Waals surface area contributed by atoms with Gasteiger partial charge in [-0.05, 0) is 31.1 Å². The molecule has 0 bridgehead atoms. The third kappa shape index (κ3) is 4.00. The van der Waals surface area contributed by atoms with Crippen LogP contribution in [0.15, 0.2) is 5.16 Å². The van der Waals surface area contributed by atoms with Crippen LogP contribution >= 0.6 is 0 Å². The first-order chi connectivity index (χ1) is 7.44. The maximum atomic E-state index is 8.55. The number of oxime groups is 1. The van der Waals surface area contributed by atoms with E-state index in [1.54, 1.807) is 0 Å². The summed E-state index contributed by atoms with van der Waals surface area (Å²) >= 11 is 0. The van der Waals surface area contributed by atoms with E-state index in [1.165, 1.54) is 25.7 Å². The molecule has 0 spiro atoms. The summed E-state index contributed by atoms with van der Waals surface area (Å²) in [7, 11) is 0. The summed E-state index contributed by atoms with van der Waals surface area (Å²) in [6.07, 6.45) is 5.02. The maximum Gasteiger partial charge on any atom is 0.143 e. The number of nitrogens with zero attached hydrogens (tertiary/aromatic N) is 1. The van der Waals surface area contributed by atoms with Crippen molar-refractivity contribution in [2.75, 3.05) is 6.54 Å². The van der Waals surface area contributed by atoms with Gasteiger partial charge in [-0.2, -0.15) is 0 Å². The fourth-order valence-corrected chi connectivity index (χ4v) is 2.15. The quantitative estimate of drug-likeness (QED) is 0.297. The zero-order valence-corrected chi connectivity index (χ0v) is 10.7. The summed E-state index contributed by atoms with van der Waals surface area (Å²) in [5.74, 6) is 0.406. The molecule has 0 aromatic rings. The molecule has 16 heavy (non-hydrogen) atoms. The van der Waals surface area contributed by atoms with Gasteiger partial charge >= 0.3 is 0 Å². The summed E-state index contributed by atoms with van der Waals surface area (Å²) in [5.41, 5.74) is 6.04. The van der Waals surface area contributed by atoms with E-state index in [2.05, 4.69) is 24.3 Å². The van der Waals surface area contributed by atoms with Crippen LogP contribution in [-0.2, 0) is 0 Å². The molecular weight excluding hydrogens is 202 g/mol. The van der Waals surface area contributed by atoms with Gasteiger partial charge in [-0.25, -0.2) is 0 Å². The van der Waals surface area contributed by atoms with Gasteiger partial charge in [-0.15, -0.1) is 0 Å². The molecule has 1 saturated carbocycles. The smallest absolute Gasteiger partial charge is 0.143 e. The van der Waals surface area contributed by atoms with Gasteiger partial charge in [0, 0.05) is 18.5 Å². The number of hydrogen-bond acceptors (Lipinski definition) is 3. The zero-order valence-electron chi connectivity index (χ0n) is 10.7. The van der Waals surface area contributed by atoms with Crippen LogP contribution in [0.2, 0.25) is 0 Å². The molecule has 4 nitrogen and oxygen atoms in total. The third-order valence-electron chi connectivity index (χ3n) is 3.67. The average molecular weight is 227 g/mol. The van der Waals surface area contributed by atoms with Crippen LogP contribution in [0.4, 0.5) is 0 Å². The second-order valence-corrected chi connectivity index (χ2v) is 5.77. The number of nitrogens with one attached hydrogen (secondary N) is 1. The Labute approximate surface area is 98.3 Å². The van der Waals surface area contributed by atoms with E-state index < -0.39 is 0 Å². The van der Waals surface area contributed by atoms with E-state index >= 15 is 0 Å². The Hall–Kier alpha value is -0.770. The van der Waals surface area contributed by atoms with Crippen molar-refractivity contribution < 1.29 is 5.21 Å². The van der Waals surface area contributed by atoms with Crippen molar-refractivity contribution >= 4 is 5.84 Å². The number of amidine groups is 1. The van der Waals surface area contributed by atoms with E-state index in [1.807, 2.05) is 6.92 Å². The molecule has 0 amide bonds. The molecule has 94 valence electrons. The van der Waals surface area contributed by atoms with Crippen molar-refractivity contribution in [3.8, 4) is 0 Å². The van der Waals surface area contributed by atoms with Crippen LogP contribution in [-0.4, -0.2) is 23.6 Å². The SMILES string of the molecule is CC(CNC1CCC(C)(C)CC1)C(N)=NO. The highest BCUT2D eigenvalue weighted by atomic mass is 16.4. The van der Waals surface area contributed by atoms with Gasteiger partial charge in [-0.1, -0.05) is 25.9 Å². The van der Waals surface area contributed by atoms with Crippen LogP contribution in [0.5, 0.6) is 0 Å². The Kier molecular flexibility index (Phi) is 4.59. The maximum absolute atomic E-state index is 8.55. The predicted octanol–water partition coefficient (Wildman–Crippen LogP) is 1.93. The molecule has 0 aliphatic heterocycles. The second kappa shape index (κ2) is 5.53. The van der Waals surface area contributed by atoms with Crippen LogP contribution < -0.4 is 11.1 Å². The molecule has 4 heteroatoms. The Morgan fingerprint density at radius 1 is 1.50 bits per heavy atom. The van der Waals surface area contributed by atoms with E-state index in [4.69, 9.17) is 10.9 Å². The third-order valence-corrected chi connectivity index (χ3v) is 3.67. The van der Waals surface area contributed by atoms with Gasteiger partial charge in [0.1, 0.15) is 5.84 Å². The first-order valence-electron chi connectivity index (χ1n) is 6.15. The minimum absolute atomic E-state index is 0.0972. The Morgan fingerprint density at radius 2 is 2.06 bits per heavy atom. The molecule has 0 aromatic heterocycles. The minimum atomic E-state index is 0.0972. The minimum Gasteiger partial charge on any atom is -0.409 e. The zero-order chi connectivity index (χ0) is 12.2. The lowest BCUT2D eigenvalue weighted by atomic mass is 9.75. The van der Waals surface area contributed by atoms with Crippen molar-refractivity contribution in [1.29, 1.82) is 0 Å². The first kappa shape index (κ1) is 13.3. The monoisotopic (exact) mass is 227 g/mol. The Bertz CT molecular complexity index is 241. The molecule has 0 saturated heterocycles. The van der Waals surface area contributed by atoms with Crippen molar-refractivity contribution in [2.24, 2.45) is 22.2 Å². The van der Waals surface area contributed by atoms with E-state index in [-0.39, 0.29) is 5.92 Å². The number of nitrogens with two attached hydrogens (primary N) is 1. The normalized spacial score (nSPS) is 24.3. The highest BCUT2D eigenvalue weighted by molar-refractivity contribution is 5.82. The topological polar surface area (TPSA) is 70.6 Å². The van der Waals surface area contributed by atoms with E-state index in [0.717, 1.165) is 6.54 Å². The molecule has 1 unspecified atom stereocenters. The summed E-state index contributed by atoms with van der Waals surface area (Å²) in [6.45, 7) is 7.43. The lowest BCUT2D eigenvalue weighted by Crippen LogP contribution is -2.40. The van der Waals surface area contributed by atoms with Gasteiger partial charge in [0.25, 0.3) is 0 Å². The average Bonchev–Trinajstić information content (AvgIpc) is 2.26. The molecule has 1 fully saturated rings. The molecular formula is C12H25N3O. The van der Waals surface area contributed by atoms with E-state index in [9.17, 15) is 0 Å². The van der Waals surface area contributed by atoms with Crippen LogP contribution in [0.25, 0.3) is 0 Å². The van der Waals surface area contributed by atoms with Gasteiger partial charge in [0.2, 0.25) is 0 Å². The Morgan fingerprint density at radius 3 is 2.56 bits per heavy atom. The molecule has 0 heterocycles. The van der Waals surface area contributed by atoms with Crippen LogP contribution in [0, 0.1) is 11.3 Å². The van der Waals surface area contributed by atoms with Crippen molar-refractivity contribution in [3.05, 3.63) is 0 Å². The molecule has 0 radical (unpaired) electrons. The molecule has 0 aromatic carbocycles. The van der Waals surface area contributed by atoms with Gasteiger partial charge in [-0.3, -0.25) is 0 Å². The van der Waals surface area contributed by atoms with Crippen molar-refractivity contribution in [3.63, 3.8) is 0 Å². The summed E-state index contributed by atoms with van der Waals surface area (Å²) in [5, 5.41) is 15.1. The molecule has 1 rings (SSSR count). The molecule has 1 aliphatic rings. The van der Waals surface area contributed by atoms with Gasteiger partial charge < -0.3 is 16.3 Å². The Balaban J connectivity index is 2.25. The standard InChI is InChI=1S/C12H25N3O/c1-9(11(13)15-16)8-14-10-4-6-12(2,3)7-5-10/h9-10,14,16H,4-8H2,1-3H3,(H2,13,15). The first-order valence-corrected chi connectivity index (χ1v) is 6.15. The number of rotatable bonds is 4. The number of hydrogen-bond donors (Lipinski definition) is 3. The van der Waals surface area contributed by atoms with Gasteiger partial charge in [0.15, 0.2) is 0 Å². The molecule has 1 aliphatic carbocycles. The molecule has 4 N–H and O–H groups in total. The molecule has 1 atom stereocenters. The van der Waals surface area contributed by atoms with Crippen LogP contribution in [0.3, 0.4) is 0 Å². The lowest BCUT2D eigenvalue weighted by molar-refractivity contribution is 0.205.